The van der Waals surface area contributed by atoms with Crippen LogP contribution in [0, 0.1) is 5.82 Å². The Hall–Kier alpha value is -1.79. The Kier molecular flexibility index (Phi) is 6.24. The number of carbonyl (C=O) groups excluding carboxylic acids is 1. The first-order chi connectivity index (χ1) is 11.0. The normalized spacial score (nSPS) is 11.0. The number of thiazole rings is 1. The number of hydrogen-bond donors (Lipinski definition) is 1. The summed E-state index contributed by atoms with van der Waals surface area (Å²) in [5, 5.41) is 6.01. The molecular formula is C17H22FN3OS. The Balaban J connectivity index is 2.15. The molecule has 6 heteroatoms. The molecule has 0 aliphatic carbocycles. The van der Waals surface area contributed by atoms with Crippen LogP contribution in [0.3, 0.4) is 0 Å². The summed E-state index contributed by atoms with van der Waals surface area (Å²) in [5.41, 5.74) is 1.53. The van der Waals surface area contributed by atoms with E-state index >= 15 is 0 Å². The molecule has 4 nitrogen and oxygen atoms in total. The van der Waals surface area contributed by atoms with Crippen LogP contribution >= 0.6 is 11.3 Å². The van der Waals surface area contributed by atoms with Gasteiger partial charge in [-0.05, 0) is 37.1 Å². The maximum absolute atomic E-state index is 13.1. The van der Waals surface area contributed by atoms with Crippen LogP contribution in [0.1, 0.15) is 39.3 Å². The van der Waals surface area contributed by atoms with Gasteiger partial charge >= 0.3 is 0 Å². The number of amides is 1. The number of nitrogens with zero attached hydrogens (tertiary/aromatic N) is 2. The minimum absolute atomic E-state index is 0.148. The molecule has 0 aliphatic rings. The summed E-state index contributed by atoms with van der Waals surface area (Å²) in [6.07, 6.45) is 2.14. The Morgan fingerprint density at radius 2 is 1.96 bits per heavy atom. The monoisotopic (exact) mass is 335 g/mol. The van der Waals surface area contributed by atoms with Gasteiger partial charge in [-0.25, -0.2) is 9.37 Å². The number of carbonyl (C=O) groups is 1. The minimum Gasteiger partial charge on any atom is -0.308 e. The van der Waals surface area contributed by atoms with Crippen LogP contribution in [-0.4, -0.2) is 16.9 Å². The van der Waals surface area contributed by atoms with Gasteiger partial charge < -0.3 is 5.32 Å². The minimum atomic E-state index is -0.327. The van der Waals surface area contributed by atoms with Crippen molar-refractivity contribution in [1.29, 1.82) is 0 Å². The van der Waals surface area contributed by atoms with Gasteiger partial charge in [-0.1, -0.05) is 13.8 Å². The Bertz CT molecular complexity index is 638. The van der Waals surface area contributed by atoms with E-state index in [0.29, 0.717) is 23.4 Å². The molecule has 0 spiro atoms. The van der Waals surface area contributed by atoms with Gasteiger partial charge in [0.15, 0.2) is 5.13 Å². The van der Waals surface area contributed by atoms with Crippen molar-refractivity contribution in [1.82, 2.24) is 10.3 Å². The molecular weight excluding hydrogens is 313 g/mol. The summed E-state index contributed by atoms with van der Waals surface area (Å²) in [7, 11) is 0. The van der Waals surface area contributed by atoms with E-state index in [1.165, 1.54) is 35.3 Å². The van der Waals surface area contributed by atoms with Crippen molar-refractivity contribution in [2.24, 2.45) is 0 Å². The van der Waals surface area contributed by atoms with Crippen molar-refractivity contribution in [3.05, 3.63) is 41.2 Å². The highest BCUT2D eigenvalue weighted by Crippen LogP contribution is 2.29. The summed E-state index contributed by atoms with van der Waals surface area (Å²) >= 11 is 1.41. The summed E-state index contributed by atoms with van der Waals surface area (Å²) in [4.78, 5) is 18.0. The highest BCUT2D eigenvalue weighted by atomic mass is 32.1. The Labute approximate surface area is 140 Å². The quantitative estimate of drug-likeness (QED) is 0.823. The van der Waals surface area contributed by atoms with Crippen molar-refractivity contribution < 1.29 is 9.18 Å². The second kappa shape index (κ2) is 8.17. The number of rotatable bonds is 7. The third kappa shape index (κ3) is 4.59. The van der Waals surface area contributed by atoms with Crippen LogP contribution in [0.5, 0.6) is 0 Å². The van der Waals surface area contributed by atoms with Crippen molar-refractivity contribution in [3.8, 4) is 0 Å². The van der Waals surface area contributed by atoms with Gasteiger partial charge in [0.2, 0.25) is 5.91 Å². The maximum atomic E-state index is 13.1. The van der Waals surface area contributed by atoms with Crippen molar-refractivity contribution in [2.45, 2.75) is 46.2 Å². The smallest absolute Gasteiger partial charge is 0.230 e. The molecule has 23 heavy (non-hydrogen) atoms. The fourth-order valence-corrected chi connectivity index (χ4v) is 3.21. The number of halogens is 1. The molecule has 0 aliphatic heterocycles. The summed E-state index contributed by atoms with van der Waals surface area (Å²) < 4.78 is 13.1. The molecule has 1 heterocycles. The average molecular weight is 335 g/mol. The Morgan fingerprint density at radius 3 is 2.52 bits per heavy atom. The number of nitrogens with one attached hydrogen (secondary N) is 1. The van der Waals surface area contributed by atoms with E-state index in [1.54, 1.807) is 12.1 Å². The van der Waals surface area contributed by atoms with E-state index in [9.17, 15) is 9.18 Å². The SMILES string of the molecule is CCC(CC)NCc1csc(N(C(C)=O)c2ccc(F)cc2)n1. The zero-order valence-electron chi connectivity index (χ0n) is 13.7. The molecule has 0 saturated heterocycles. The second-order valence-corrected chi connectivity index (χ2v) is 6.18. The lowest BCUT2D eigenvalue weighted by Gasteiger charge is -2.18. The molecule has 1 aromatic carbocycles. The summed E-state index contributed by atoms with van der Waals surface area (Å²) in [5.74, 6) is -0.475. The fraction of sp³-hybridized carbons (Fsp3) is 0.412. The Morgan fingerprint density at radius 1 is 1.30 bits per heavy atom. The van der Waals surface area contributed by atoms with Gasteiger partial charge in [0.25, 0.3) is 0 Å². The van der Waals surface area contributed by atoms with Gasteiger partial charge in [-0.2, -0.15) is 0 Å². The molecule has 2 aromatic rings. The maximum Gasteiger partial charge on any atom is 0.230 e. The van der Waals surface area contributed by atoms with Crippen LogP contribution in [0.2, 0.25) is 0 Å². The predicted octanol–water partition coefficient (Wildman–Crippen LogP) is 4.25. The highest BCUT2D eigenvalue weighted by Gasteiger charge is 2.18. The zero-order chi connectivity index (χ0) is 16.8. The third-order valence-electron chi connectivity index (χ3n) is 3.69. The first-order valence-corrected chi connectivity index (χ1v) is 8.67. The molecule has 0 unspecified atom stereocenters. The van der Waals surface area contributed by atoms with Crippen LogP contribution in [0.15, 0.2) is 29.6 Å². The van der Waals surface area contributed by atoms with Gasteiger partial charge in [-0.3, -0.25) is 9.69 Å². The number of aromatic nitrogens is 1. The van der Waals surface area contributed by atoms with Crippen molar-refractivity contribution >= 4 is 28.1 Å². The summed E-state index contributed by atoms with van der Waals surface area (Å²) in [6, 6.07) is 6.32. The van der Waals surface area contributed by atoms with E-state index in [1.807, 2.05) is 5.38 Å². The third-order valence-corrected chi connectivity index (χ3v) is 4.56. The molecule has 124 valence electrons. The molecule has 1 N–H and O–H groups in total. The molecule has 1 amide bonds. The van der Waals surface area contributed by atoms with E-state index in [0.717, 1.165) is 18.5 Å². The highest BCUT2D eigenvalue weighted by molar-refractivity contribution is 7.14. The first kappa shape index (κ1) is 17.6. The van der Waals surface area contributed by atoms with Crippen LogP contribution < -0.4 is 10.2 Å². The lowest BCUT2D eigenvalue weighted by Crippen LogP contribution is -2.27. The van der Waals surface area contributed by atoms with Gasteiger partial charge in [-0.15, -0.1) is 11.3 Å². The number of benzene rings is 1. The predicted molar refractivity (Wildman–Crippen MR) is 92.5 cm³/mol. The van der Waals surface area contributed by atoms with Gasteiger partial charge in [0, 0.05) is 24.9 Å². The number of hydrogen-bond acceptors (Lipinski definition) is 4. The summed E-state index contributed by atoms with van der Waals surface area (Å²) in [6.45, 7) is 6.46. The van der Waals surface area contributed by atoms with Gasteiger partial charge in [0.05, 0.1) is 11.4 Å². The second-order valence-electron chi connectivity index (χ2n) is 5.35. The molecule has 0 saturated carbocycles. The fourth-order valence-electron chi connectivity index (χ4n) is 2.32. The molecule has 0 atom stereocenters. The van der Waals surface area contributed by atoms with E-state index in [-0.39, 0.29) is 11.7 Å². The topological polar surface area (TPSA) is 45.2 Å². The molecule has 0 radical (unpaired) electrons. The first-order valence-electron chi connectivity index (χ1n) is 7.79. The lowest BCUT2D eigenvalue weighted by atomic mass is 10.2. The lowest BCUT2D eigenvalue weighted by molar-refractivity contribution is -0.115. The number of anilines is 2. The molecule has 2 rings (SSSR count). The largest absolute Gasteiger partial charge is 0.308 e. The molecule has 1 aromatic heterocycles. The van der Waals surface area contributed by atoms with Gasteiger partial charge in [0.1, 0.15) is 5.82 Å². The van der Waals surface area contributed by atoms with E-state index in [2.05, 4.69) is 24.1 Å². The van der Waals surface area contributed by atoms with Crippen LogP contribution in [-0.2, 0) is 11.3 Å². The van der Waals surface area contributed by atoms with Crippen LogP contribution in [0.25, 0.3) is 0 Å². The molecule has 0 bridgehead atoms. The van der Waals surface area contributed by atoms with E-state index in [4.69, 9.17) is 0 Å². The van der Waals surface area contributed by atoms with Crippen molar-refractivity contribution in [3.63, 3.8) is 0 Å². The van der Waals surface area contributed by atoms with E-state index < -0.39 is 0 Å². The standard InChI is InChI=1S/C17H22FN3OS/c1-4-14(5-2)19-10-15-11-23-17(20-15)21(12(3)22)16-8-6-13(18)7-9-16/h6-9,11,14,19H,4-5,10H2,1-3H3. The average Bonchev–Trinajstić information content (AvgIpc) is 2.98. The van der Waals surface area contributed by atoms with Crippen molar-refractivity contribution in [2.75, 3.05) is 4.90 Å². The van der Waals surface area contributed by atoms with Crippen LogP contribution in [0.4, 0.5) is 15.2 Å². The zero-order valence-corrected chi connectivity index (χ0v) is 14.5. The molecule has 0 fully saturated rings.